The van der Waals surface area contributed by atoms with Crippen molar-refractivity contribution in [3.05, 3.63) is 0 Å². The minimum atomic E-state index is -3.12. The smallest absolute Gasteiger partial charge is 0.211 e. The monoisotopic (exact) mass is 236 g/mol. The highest BCUT2D eigenvalue weighted by Gasteiger charge is 2.20. The minimum absolute atomic E-state index is 0.0706. The van der Waals surface area contributed by atoms with Gasteiger partial charge in [0.2, 0.25) is 10.0 Å². The third kappa shape index (κ3) is 7.76. The molecule has 0 radical (unpaired) electrons. The molecule has 3 N–H and O–H groups in total. The fraction of sp³-hybridized carbons (Fsp3) is 1.00. The summed E-state index contributed by atoms with van der Waals surface area (Å²) >= 11 is 0. The Morgan fingerprint density at radius 1 is 1.33 bits per heavy atom. The quantitative estimate of drug-likeness (QED) is 0.691. The molecular weight excluding hydrogens is 212 g/mol. The van der Waals surface area contributed by atoms with Gasteiger partial charge in [0.25, 0.3) is 0 Å². The first-order valence-corrected chi connectivity index (χ1v) is 7.01. The van der Waals surface area contributed by atoms with Crippen LogP contribution in [0, 0.1) is 11.3 Å². The van der Waals surface area contributed by atoms with Crippen molar-refractivity contribution >= 4 is 10.0 Å². The minimum Gasteiger partial charge on any atom is -0.330 e. The lowest BCUT2D eigenvalue weighted by Crippen LogP contribution is -2.37. The Morgan fingerprint density at radius 2 is 1.87 bits per heavy atom. The molecule has 0 aliphatic heterocycles. The van der Waals surface area contributed by atoms with Gasteiger partial charge in [-0.25, -0.2) is 13.1 Å². The molecule has 0 fully saturated rings. The Bertz CT molecular complexity index is 271. The molecule has 0 saturated carbocycles. The summed E-state index contributed by atoms with van der Waals surface area (Å²) < 4.78 is 25.7. The van der Waals surface area contributed by atoms with Crippen LogP contribution in [-0.4, -0.2) is 27.3 Å². The molecule has 0 spiro atoms. The molecule has 0 bridgehead atoms. The van der Waals surface area contributed by atoms with Crippen molar-refractivity contribution in [2.24, 2.45) is 17.1 Å². The third-order valence-corrected chi connectivity index (χ3v) is 3.83. The molecule has 5 heteroatoms. The first-order chi connectivity index (χ1) is 6.68. The number of rotatable bonds is 7. The Hall–Kier alpha value is -0.130. The molecule has 0 aliphatic carbocycles. The summed E-state index contributed by atoms with van der Waals surface area (Å²) in [6.45, 7) is 8.85. The van der Waals surface area contributed by atoms with Gasteiger partial charge in [-0.05, 0) is 24.3 Å². The average Bonchev–Trinajstić information content (AvgIpc) is 1.99. The second-order valence-corrected chi connectivity index (χ2v) is 7.05. The summed E-state index contributed by atoms with van der Waals surface area (Å²) in [6, 6.07) is 0. The van der Waals surface area contributed by atoms with E-state index in [-0.39, 0.29) is 17.1 Å². The number of sulfonamides is 1. The molecule has 0 aromatic rings. The molecule has 92 valence electrons. The van der Waals surface area contributed by atoms with Crippen LogP contribution in [0.2, 0.25) is 0 Å². The van der Waals surface area contributed by atoms with Gasteiger partial charge in [-0.15, -0.1) is 0 Å². The summed E-state index contributed by atoms with van der Waals surface area (Å²) in [5, 5.41) is 0. The highest BCUT2D eigenvalue weighted by atomic mass is 32.2. The van der Waals surface area contributed by atoms with Crippen LogP contribution in [-0.2, 0) is 10.0 Å². The topological polar surface area (TPSA) is 72.2 Å². The van der Waals surface area contributed by atoms with E-state index in [1.54, 1.807) is 0 Å². The maximum Gasteiger partial charge on any atom is 0.211 e. The molecule has 4 nitrogen and oxygen atoms in total. The van der Waals surface area contributed by atoms with Crippen molar-refractivity contribution in [1.29, 1.82) is 0 Å². The Kier molecular flexibility index (Phi) is 5.77. The zero-order valence-electron chi connectivity index (χ0n) is 10.2. The molecule has 0 rings (SSSR count). The Balaban J connectivity index is 4.14. The van der Waals surface area contributed by atoms with Gasteiger partial charge >= 0.3 is 0 Å². The van der Waals surface area contributed by atoms with Crippen LogP contribution >= 0.6 is 0 Å². The lowest BCUT2D eigenvalue weighted by molar-refractivity contribution is 0.340. The molecule has 0 aromatic heterocycles. The van der Waals surface area contributed by atoms with E-state index < -0.39 is 10.0 Å². The summed E-state index contributed by atoms with van der Waals surface area (Å²) in [6.07, 6.45) is 0.817. The molecule has 0 atom stereocenters. The fourth-order valence-corrected chi connectivity index (χ4v) is 2.89. The molecule has 0 unspecified atom stereocenters. The molecule has 0 aromatic carbocycles. The maximum atomic E-state index is 11.5. The standard InChI is InChI=1S/C10H24N2O2S/c1-9(2)7-15(13,14)12-8-10(3,4)5-6-11/h9,12H,5-8,11H2,1-4H3. The van der Waals surface area contributed by atoms with Crippen LogP contribution in [0.25, 0.3) is 0 Å². The summed E-state index contributed by atoms with van der Waals surface area (Å²) in [5.74, 6) is 0.339. The van der Waals surface area contributed by atoms with Crippen LogP contribution in [0.15, 0.2) is 0 Å². The number of nitrogens with two attached hydrogens (primary N) is 1. The summed E-state index contributed by atoms with van der Waals surface area (Å²) in [5.41, 5.74) is 5.39. The first-order valence-electron chi connectivity index (χ1n) is 5.36. The van der Waals surface area contributed by atoms with E-state index in [0.717, 1.165) is 6.42 Å². The Morgan fingerprint density at radius 3 is 2.27 bits per heavy atom. The van der Waals surface area contributed by atoms with Gasteiger partial charge in [-0.1, -0.05) is 27.7 Å². The van der Waals surface area contributed by atoms with Gasteiger partial charge in [-0.2, -0.15) is 0 Å². The first kappa shape index (κ1) is 14.9. The van der Waals surface area contributed by atoms with E-state index in [2.05, 4.69) is 4.72 Å². The van der Waals surface area contributed by atoms with Gasteiger partial charge in [0.05, 0.1) is 5.75 Å². The Labute approximate surface area is 93.7 Å². The molecular formula is C10H24N2O2S. The molecule has 0 heterocycles. The van der Waals surface area contributed by atoms with Crippen molar-refractivity contribution in [1.82, 2.24) is 4.72 Å². The zero-order valence-corrected chi connectivity index (χ0v) is 11.0. The van der Waals surface area contributed by atoms with Crippen LogP contribution < -0.4 is 10.5 Å². The predicted molar refractivity (Wildman–Crippen MR) is 64.1 cm³/mol. The van der Waals surface area contributed by atoms with Gasteiger partial charge in [0.15, 0.2) is 0 Å². The normalized spacial score (nSPS) is 13.5. The second kappa shape index (κ2) is 5.82. The molecule has 0 saturated heterocycles. The van der Waals surface area contributed by atoms with Crippen molar-refractivity contribution in [3.8, 4) is 0 Å². The SMILES string of the molecule is CC(C)CS(=O)(=O)NCC(C)(C)CCN. The van der Waals surface area contributed by atoms with E-state index in [1.807, 2.05) is 27.7 Å². The summed E-state index contributed by atoms with van der Waals surface area (Å²) in [7, 11) is -3.12. The number of hydrogen-bond donors (Lipinski definition) is 2. The van der Waals surface area contributed by atoms with E-state index in [0.29, 0.717) is 13.1 Å². The largest absolute Gasteiger partial charge is 0.330 e. The van der Waals surface area contributed by atoms with Gasteiger partial charge in [0, 0.05) is 6.54 Å². The maximum absolute atomic E-state index is 11.5. The van der Waals surface area contributed by atoms with E-state index in [4.69, 9.17) is 5.73 Å². The lowest BCUT2D eigenvalue weighted by Gasteiger charge is -2.24. The summed E-state index contributed by atoms with van der Waals surface area (Å²) in [4.78, 5) is 0. The van der Waals surface area contributed by atoms with Crippen molar-refractivity contribution < 1.29 is 8.42 Å². The average molecular weight is 236 g/mol. The van der Waals surface area contributed by atoms with Crippen molar-refractivity contribution in [3.63, 3.8) is 0 Å². The lowest BCUT2D eigenvalue weighted by atomic mass is 9.90. The number of hydrogen-bond acceptors (Lipinski definition) is 3. The zero-order chi connectivity index (χ0) is 12.1. The van der Waals surface area contributed by atoms with Crippen molar-refractivity contribution in [2.75, 3.05) is 18.8 Å². The highest BCUT2D eigenvalue weighted by Crippen LogP contribution is 2.18. The van der Waals surface area contributed by atoms with Gasteiger partial charge < -0.3 is 5.73 Å². The van der Waals surface area contributed by atoms with Crippen LogP contribution in [0.4, 0.5) is 0 Å². The van der Waals surface area contributed by atoms with E-state index in [9.17, 15) is 8.42 Å². The number of nitrogens with one attached hydrogen (secondary N) is 1. The third-order valence-electron chi connectivity index (χ3n) is 2.14. The van der Waals surface area contributed by atoms with Gasteiger partial charge in [-0.3, -0.25) is 0 Å². The fourth-order valence-electron chi connectivity index (χ4n) is 1.28. The van der Waals surface area contributed by atoms with Gasteiger partial charge in [0.1, 0.15) is 0 Å². The second-order valence-electron chi connectivity index (χ2n) is 5.20. The highest BCUT2D eigenvalue weighted by molar-refractivity contribution is 7.89. The van der Waals surface area contributed by atoms with Crippen LogP contribution in [0.5, 0.6) is 0 Å². The van der Waals surface area contributed by atoms with E-state index in [1.165, 1.54) is 0 Å². The molecule has 0 amide bonds. The predicted octanol–water partition coefficient (Wildman–Crippen LogP) is 0.937. The van der Waals surface area contributed by atoms with E-state index >= 15 is 0 Å². The molecule has 15 heavy (non-hydrogen) atoms. The van der Waals surface area contributed by atoms with Crippen LogP contribution in [0.1, 0.15) is 34.1 Å². The van der Waals surface area contributed by atoms with Crippen LogP contribution in [0.3, 0.4) is 0 Å². The molecule has 0 aliphatic rings. The van der Waals surface area contributed by atoms with Crippen molar-refractivity contribution in [2.45, 2.75) is 34.1 Å².